The number of carboxylic acids is 1. The van der Waals surface area contributed by atoms with Gasteiger partial charge in [0.2, 0.25) is 0 Å². The minimum Gasteiger partial charge on any atom is -0.544 e. The van der Waals surface area contributed by atoms with Crippen LogP contribution in [0.3, 0.4) is 0 Å². The zero-order valence-electron chi connectivity index (χ0n) is 40.4. The highest BCUT2D eigenvalue weighted by Gasteiger charge is 2.25. The summed E-state index contributed by atoms with van der Waals surface area (Å²) in [5.74, 6) is -1.73. The van der Waals surface area contributed by atoms with E-state index in [2.05, 4.69) is 26.0 Å². The number of likely N-dealkylation sites (N-methyl/N-ethyl adjacent to an activating group) is 1. The van der Waals surface area contributed by atoms with Crippen molar-refractivity contribution in [1.29, 1.82) is 0 Å². The molecule has 0 aliphatic heterocycles. The Morgan fingerprint density at radius 1 is 0.483 bits per heavy atom. The molecule has 60 heavy (non-hydrogen) atoms. The second kappa shape index (κ2) is 43.7. The molecule has 0 N–H and O–H groups in total. The number of quaternary nitrogens is 1. The number of hydrogen-bond acceptors (Lipinski definition) is 7. The summed E-state index contributed by atoms with van der Waals surface area (Å²) < 4.78 is 17.2. The van der Waals surface area contributed by atoms with Gasteiger partial charge in [-0.1, -0.05) is 206 Å². The zero-order valence-corrected chi connectivity index (χ0v) is 40.4. The zero-order chi connectivity index (χ0) is 44.2. The van der Waals surface area contributed by atoms with Gasteiger partial charge in [0.25, 0.3) is 0 Å². The Balaban J connectivity index is 4.16. The van der Waals surface area contributed by atoms with Gasteiger partial charge in [0, 0.05) is 19.3 Å². The number of carbonyl (C=O) groups is 3. The Morgan fingerprint density at radius 3 is 1.20 bits per heavy atom. The number of carboxylic acid groups (broad SMARTS) is 1. The number of unbranched alkanes of at least 4 members (excludes halogenated alkanes) is 31. The van der Waals surface area contributed by atoms with Crippen LogP contribution in [0.1, 0.15) is 251 Å². The third-order valence-corrected chi connectivity index (χ3v) is 11.9. The standard InChI is InChI=1S/C52H99NO7/c1-6-8-10-12-14-16-18-20-22-23-24-25-26-27-28-29-31-32-34-36-38-40-42-50(54)59-47-48(46-58-45-44-49(52(56)57)53(3,4)5)60-51(55)43-41-39-37-35-33-30-21-19-17-15-13-11-9-7-2/h19,21,48-49H,6-18,20,22-47H2,1-5H3/b21-19-. The highest BCUT2D eigenvalue weighted by atomic mass is 16.6. The summed E-state index contributed by atoms with van der Waals surface area (Å²) >= 11 is 0. The molecule has 8 heteroatoms. The van der Waals surface area contributed by atoms with Crippen LogP contribution in [0.2, 0.25) is 0 Å². The van der Waals surface area contributed by atoms with Crippen LogP contribution in [-0.2, 0) is 28.6 Å². The maximum atomic E-state index is 12.7. The Bertz CT molecular complexity index is 993. The van der Waals surface area contributed by atoms with Crippen LogP contribution in [0.4, 0.5) is 0 Å². The van der Waals surface area contributed by atoms with Gasteiger partial charge in [0.15, 0.2) is 6.10 Å². The molecular weight excluding hydrogens is 751 g/mol. The van der Waals surface area contributed by atoms with Crippen molar-refractivity contribution in [3.05, 3.63) is 12.2 Å². The molecule has 0 fully saturated rings. The molecule has 0 aromatic heterocycles. The van der Waals surface area contributed by atoms with E-state index in [9.17, 15) is 19.5 Å². The van der Waals surface area contributed by atoms with Gasteiger partial charge in [0.1, 0.15) is 12.6 Å². The van der Waals surface area contributed by atoms with Gasteiger partial charge in [-0.05, 0) is 38.5 Å². The van der Waals surface area contributed by atoms with E-state index in [4.69, 9.17) is 14.2 Å². The predicted octanol–water partition coefficient (Wildman–Crippen LogP) is 13.3. The molecule has 354 valence electrons. The van der Waals surface area contributed by atoms with Crippen molar-refractivity contribution in [3.8, 4) is 0 Å². The van der Waals surface area contributed by atoms with Gasteiger partial charge in [0.05, 0.1) is 40.3 Å². The van der Waals surface area contributed by atoms with Gasteiger partial charge >= 0.3 is 11.9 Å². The van der Waals surface area contributed by atoms with Crippen molar-refractivity contribution in [3.63, 3.8) is 0 Å². The summed E-state index contributed by atoms with van der Waals surface area (Å²) in [6, 6.07) is -0.723. The lowest BCUT2D eigenvalue weighted by Gasteiger charge is -2.34. The first-order valence-electron chi connectivity index (χ1n) is 25.7. The summed E-state index contributed by atoms with van der Waals surface area (Å²) in [6.45, 7) is 4.69. The van der Waals surface area contributed by atoms with Crippen molar-refractivity contribution in [2.45, 2.75) is 264 Å². The summed E-state index contributed by atoms with van der Waals surface area (Å²) in [4.78, 5) is 37.0. The van der Waals surface area contributed by atoms with E-state index in [0.717, 1.165) is 51.4 Å². The molecule has 0 amide bonds. The first kappa shape index (κ1) is 58.1. The van der Waals surface area contributed by atoms with Crippen molar-refractivity contribution in [2.24, 2.45) is 0 Å². The third-order valence-electron chi connectivity index (χ3n) is 11.9. The Labute approximate surface area is 371 Å². The number of rotatable bonds is 47. The number of allylic oxidation sites excluding steroid dienone is 2. The topological polar surface area (TPSA) is 102 Å². The number of ether oxygens (including phenoxy) is 3. The minimum absolute atomic E-state index is 0.0432. The fraction of sp³-hybridized carbons (Fsp3) is 0.904. The van der Waals surface area contributed by atoms with Gasteiger partial charge in [-0.15, -0.1) is 0 Å². The Hall–Kier alpha value is -1.93. The van der Waals surface area contributed by atoms with E-state index >= 15 is 0 Å². The predicted molar refractivity (Wildman–Crippen MR) is 250 cm³/mol. The van der Waals surface area contributed by atoms with Crippen LogP contribution in [0, 0.1) is 0 Å². The maximum absolute atomic E-state index is 12.7. The molecule has 0 aliphatic carbocycles. The van der Waals surface area contributed by atoms with E-state index < -0.39 is 18.1 Å². The second-order valence-electron chi connectivity index (χ2n) is 18.8. The molecule has 0 spiro atoms. The molecule has 2 atom stereocenters. The monoisotopic (exact) mass is 850 g/mol. The Kier molecular flexibility index (Phi) is 42.3. The fourth-order valence-corrected chi connectivity index (χ4v) is 7.89. The minimum atomic E-state index is -1.12. The number of carbonyl (C=O) groups excluding carboxylic acids is 3. The second-order valence-corrected chi connectivity index (χ2v) is 18.8. The van der Waals surface area contributed by atoms with Crippen molar-refractivity contribution in [2.75, 3.05) is 41.0 Å². The summed E-state index contributed by atoms with van der Waals surface area (Å²) in [6.07, 6.45) is 48.2. The Morgan fingerprint density at radius 2 is 0.833 bits per heavy atom. The molecule has 0 saturated heterocycles. The molecule has 0 heterocycles. The summed E-state index contributed by atoms with van der Waals surface area (Å²) in [7, 11) is 5.42. The summed E-state index contributed by atoms with van der Waals surface area (Å²) in [5.41, 5.74) is 0. The SMILES string of the molecule is CCCCCCC/C=C\CCCCCCCC(=O)OC(COCCC(C(=O)[O-])[N+](C)(C)C)COC(=O)CCCCCCCCCCCCCCCCCCCCCCCC. The normalized spacial score (nSPS) is 12.9. The van der Waals surface area contributed by atoms with Gasteiger partial charge < -0.3 is 28.6 Å². The molecular formula is C52H99NO7. The average Bonchev–Trinajstić information content (AvgIpc) is 3.21. The maximum Gasteiger partial charge on any atom is 0.306 e. The van der Waals surface area contributed by atoms with E-state index in [0.29, 0.717) is 12.8 Å². The first-order chi connectivity index (χ1) is 29.1. The average molecular weight is 850 g/mol. The lowest BCUT2D eigenvalue weighted by atomic mass is 10.0. The molecule has 0 aromatic rings. The van der Waals surface area contributed by atoms with Crippen LogP contribution in [0.5, 0.6) is 0 Å². The quantitative estimate of drug-likeness (QED) is 0.0260. The smallest absolute Gasteiger partial charge is 0.306 e. The van der Waals surface area contributed by atoms with Crippen molar-refractivity contribution < 1.29 is 38.2 Å². The van der Waals surface area contributed by atoms with E-state index in [1.807, 2.05) is 0 Å². The van der Waals surface area contributed by atoms with Crippen LogP contribution >= 0.6 is 0 Å². The molecule has 0 rings (SSSR count). The molecule has 8 nitrogen and oxygen atoms in total. The van der Waals surface area contributed by atoms with E-state index in [1.165, 1.54) is 167 Å². The van der Waals surface area contributed by atoms with Crippen LogP contribution in [-0.4, -0.2) is 75.5 Å². The highest BCUT2D eigenvalue weighted by molar-refractivity contribution is 5.70. The molecule has 0 radical (unpaired) electrons. The lowest BCUT2D eigenvalue weighted by molar-refractivity contribution is -0.889. The molecule has 0 bridgehead atoms. The van der Waals surface area contributed by atoms with Gasteiger partial charge in [-0.3, -0.25) is 9.59 Å². The molecule has 0 aliphatic rings. The first-order valence-corrected chi connectivity index (χ1v) is 25.7. The highest BCUT2D eigenvalue weighted by Crippen LogP contribution is 2.17. The van der Waals surface area contributed by atoms with Crippen molar-refractivity contribution in [1.82, 2.24) is 0 Å². The van der Waals surface area contributed by atoms with E-state index in [1.54, 1.807) is 21.1 Å². The fourth-order valence-electron chi connectivity index (χ4n) is 7.89. The van der Waals surface area contributed by atoms with Crippen LogP contribution in [0.25, 0.3) is 0 Å². The number of hydrogen-bond donors (Lipinski definition) is 0. The van der Waals surface area contributed by atoms with Crippen molar-refractivity contribution >= 4 is 17.9 Å². The third kappa shape index (κ3) is 41.4. The summed E-state index contributed by atoms with van der Waals surface area (Å²) in [5, 5.41) is 11.6. The van der Waals surface area contributed by atoms with Crippen LogP contribution in [0.15, 0.2) is 12.2 Å². The van der Waals surface area contributed by atoms with Gasteiger partial charge in [-0.2, -0.15) is 0 Å². The molecule has 0 saturated carbocycles. The lowest BCUT2D eigenvalue weighted by Crippen LogP contribution is -2.55. The number of esters is 2. The molecule has 0 aromatic carbocycles. The number of aliphatic carboxylic acids is 1. The largest absolute Gasteiger partial charge is 0.544 e. The van der Waals surface area contributed by atoms with Gasteiger partial charge in [-0.25, -0.2) is 0 Å². The molecule has 2 unspecified atom stereocenters. The van der Waals surface area contributed by atoms with Crippen LogP contribution < -0.4 is 5.11 Å². The van der Waals surface area contributed by atoms with E-state index in [-0.39, 0.29) is 42.7 Å². The number of nitrogens with zero attached hydrogens (tertiary/aromatic N) is 1.